The highest BCUT2D eigenvalue weighted by molar-refractivity contribution is 5.91. The van der Waals surface area contributed by atoms with Crippen LogP contribution in [0.5, 0.6) is 0 Å². The summed E-state index contributed by atoms with van der Waals surface area (Å²) in [4.78, 5) is 39.1. The number of hydrogen-bond acceptors (Lipinski definition) is 3. The van der Waals surface area contributed by atoms with Gasteiger partial charge in [0.25, 0.3) is 0 Å². The van der Waals surface area contributed by atoms with Crippen LogP contribution >= 0.6 is 0 Å². The van der Waals surface area contributed by atoms with Gasteiger partial charge >= 0.3 is 0 Å². The average Bonchev–Trinajstić information content (AvgIpc) is 3.64. The van der Waals surface area contributed by atoms with Gasteiger partial charge in [-0.25, -0.2) is 0 Å². The monoisotopic (exact) mass is 497 g/mol. The highest BCUT2D eigenvalue weighted by atomic mass is 16.2. The summed E-state index contributed by atoms with van der Waals surface area (Å²) in [7, 11) is 4.01. The number of hydrogen-bond donors (Lipinski definition) is 2. The molecule has 1 atom stereocenters. The number of fused-ring (bicyclic) bond motifs is 2. The number of piperidine rings is 1. The maximum absolute atomic E-state index is 13.6. The van der Waals surface area contributed by atoms with Crippen LogP contribution in [-0.4, -0.2) is 83.3 Å². The molecule has 4 heterocycles. The van der Waals surface area contributed by atoms with Gasteiger partial charge in [0, 0.05) is 78.8 Å². The van der Waals surface area contributed by atoms with Crippen LogP contribution in [0.1, 0.15) is 30.4 Å². The van der Waals surface area contributed by atoms with Crippen LogP contribution in [0.3, 0.4) is 0 Å². The molecular weight excluding hydrogens is 462 g/mol. The number of H-pyrrole nitrogens is 2. The van der Waals surface area contributed by atoms with Crippen LogP contribution < -0.4 is 0 Å². The second-order valence-electron chi connectivity index (χ2n) is 10.9. The lowest BCUT2D eigenvalue weighted by Gasteiger charge is -2.43. The van der Waals surface area contributed by atoms with Gasteiger partial charge in [-0.3, -0.25) is 9.59 Å². The van der Waals surface area contributed by atoms with E-state index in [0.29, 0.717) is 32.6 Å². The first kappa shape index (κ1) is 23.8. The van der Waals surface area contributed by atoms with E-state index in [4.69, 9.17) is 0 Å². The molecule has 192 valence electrons. The fourth-order valence-electron chi connectivity index (χ4n) is 6.46. The quantitative estimate of drug-likeness (QED) is 0.423. The maximum Gasteiger partial charge on any atom is 0.227 e. The van der Waals surface area contributed by atoms with Crippen LogP contribution in [0.25, 0.3) is 21.8 Å². The summed E-state index contributed by atoms with van der Waals surface area (Å²) < 4.78 is 0. The number of amides is 2. The normalized spacial score (nSPS) is 20.0. The largest absolute Gasteiger partial charge is 0.361 e. The molecule has 7 heteroatoms. The number of nitrogens with zero attached hydrogens (tertiary/aromatic N) is 3. The van der Waals surface area contributed by atoms with E-state index in [-0.39, 0.29) is 23.1 Å². The molecular formula is C30H35N5O2. The van der Waals surface area contributed by atoms with E-state index < -0.39 is 0 Å². The molecule has 0 radical (unpaired) electrons. The third kappa shape index (κ3) is 4.11. The van der Waals surface area contributed by atoms with Crippen molar-refractivity contribution in [2.24, 2.45) is 5.92 Å². The molecule has 2 aromatic carbocycles. The Bertz CT molecular complexity index is 1370. The minimum absolute atomic E-state index is 0.101. The van der Waals surface area contributed by atoms with Gasteiger partial charge in [0.05, 0.1) is 5.92 Å². The molecule has 1 unspecified atom stereocenters. The van der Waals surface area contributed by atoms with Crippen LogP contribution in [-0.2, 0) is 15.0 Å². The molecule has 2 aliphatic rings. The highest BCUT2D eigenvalue weighted by Crippen LogP contribution is 2.47. The van der Waals surface area contributed by atoms with Crippen molar-refractivity contribution in [3.05, 3.63) is 72.1 Å². The van der Waals surface area contributed by atoms with Gasteiger partial charge in [0.2, 0.25) is 11.8 Å². The standard InChI is InChI=1S/C30H35N5O2/c1-33(2)15-16-35-20-21(17-28(35)36)29(37)34-13-11-30(12-14-34,24-18-31-26-9-5-3-7-22(24)26)25-19-32-27-10-6-4-8-23(25)27/h3-10,18-19,21,31-32H,11-17,20H2,1-2H3. The van der Waals surface area contributed by atoms with E-state index in [1.54, 1.807) is 0 Å². The van der Waals surface area contributed by atoms with E-state index in [2.05, 4.69) is 75.8 Å². The summed E-state index contributed by atoms with van der Waals surface area (Å²) in [5.74, 6) is -0.000336. The van der Waals surface area contributed by atoms with Gasteiger partial charge in [-0.2, -0.15) is 0 Å². The number of rotatable bonds is 6. The van der Waals surface area contributed by atoms with Crippen LogP contribution in [0.2, 0.25) is 0 Å². The van der Waals surface area contributed by atoms with Crippen molar-refractivity contribution >= 4 is 33.6 Å². The number of likely N-dealkylation sites (tertiary alicyclic amines) is 2. The Balaban J connectivity index is 1.28. The number of nitrogens with one attached hydrogen (secondary N) is 2. The third-order valence-electron chi connectivity index (χ3n) is 8.52. The molecule has 2 saturated heterocycles. The average molecular weight is 498 g/mol. The molecule has 6 rings (SSSR count). The number of carbonyl (C=O) groups excluding carboxylic acids is 2. The van der Waals surface area contributed by atoms with E-state index in [1.165, 1.54) is 21.9 Å². The smallest absolute Gasteiger partial charge is 0.227 e. The van der Waals surface area contributed by atoms with Gasteiger partial charge in [-0.05, 0) is 50.2 Å². The molecule has 2 N–H and O–H groups in total. The van der Waals surface area contributed by atoms with Gasteiger partial charge in [-0.15, -0.1) is 0 Å². The zero-order chi connectivity index (χ0) is 25.6. The Morgan fingerprint density at radius 3 is 2.08 bits per heavy atom. The van der Waals surface area contributed by atoms with Crippen molar-refractivity contribution in [2.45, 2.75) is 24.7 Å². The first-order valence-electron chi connectivity index (χ1n) is 13.3. The summed E-state index contributed by atoms with van der Waals surface area (Å²) in [5.41, 5.74) is 4.66. The Labute approximate surface area is 217 Å². The van der Waals surface area contributed by atoms with Gasteiger partial charge in [0.15, 0.2) is 0 Å². The van der Waals surface area contributed by atoms with Gasteiger partial charge < -0.3 is 24.7 Å². The zero-order valence-electron chi connectivity index (χ0n) is 21.7. The van der Waals surface area contributed by atoms with Crippen molar-refractivity contribution in [1.82, 2.24) is 24.7 Å². The first-order valence-corrected chi connectivity index (χ1v) is 13.3. The molecule has 4 aromatic rings. The fraction of sp³-hybridized carbons (Fsp3) is 0.400. The minimum atomic E-state index is -0.233. The molecule has 2 amide bonds. The summed E-state index contributed by atoms with van der Waals surface area (Å²) in [5, 5.41) is 2.48. The Kier molecular flexibility index (Phi) is 6.03. The molecule has 0 spiro atoms. The number of carbonyl (C=O) groups is 2. The molecule has 2 aromatic heterocycles. The van der Waals surface area contributed by atoms with E-state index >= 15 is 0 Å². The van der Waals surface area contributed by atoms with E-state index in [1.807, 2.05) is 23.9 Å². The highest BCUT2D eigenvalue weighted by Gasteiger charge is 2.44. The van der Waals surface area contributed by atoms with E-state index in [9.17, 15) is 9.59 Å². The fourth-order valence-corrected chi connectivity index (χ4v) is 6.46. The second-order valence-corrected chi connectivity index (χ2v) is 10.9. The second kappa shape index (κ2) is 9.38. The third-order valence-corrected chi connectivity index (χ3v) is 8.52. The van der Waals surface area contributed by atoms with Crippen molar-refractivity contribution in [1.29, 1.82) is 0 Å². The first-order chi connectivity index (χ1) is 18.0. The summed E-state index contributed by atoms with van der Waals surface area (Å²) in [6.45, 7) is 3.40. The predicted octanol–water partition coefficient (Wildman–Crippen LogP) is 3.97. The Hall–Kier alpha value is -3.58. The minimum Gasteiger partial charge on any atom is -0.361 e. The molecule has 7 nitrogen and oxygen atoms in total. The van der Waals surface area contributed by atoms with Gasteiger partial charge in [0.1, 0.15) is 0 Å². The lowest BCUT2D eigenvalue weighted by molar-refractivity contribution is -0.137. The number of para-hydroxylation sites is 2. The number of aromatic nitrogens is 2. The van der Waals surface area contributed by atoms with Crippen LogP contribution in [0.4, 0.5) is 0 Å². The van der Waals surface area contributed by atoms with Crippen LogP contribution in [0, 0.1) is 5.92 Å². The lowest BCUT2D eigenvalue weighted by Crippen LogP contribution is -2.48. The summed E-state index contributed by atoms with van der Waals surface area (Å²) >= 11 is 0. The molecule has 0 saturated carbocycles. The van der Waals surface area contributed by atoms with Crippen molar-refractivity contribution in [3.63, 3.8) is 0 Å². The number of likely N-dealkylation sites (N-methyl/N-ethyl adjacent to an activating group) is 1. The van der Waals surface area contributed by atoms with Crippen molar-refractivity contribution in [2.75, 3.05) is 46.8 Å². The Morgan fingerprint density at radius 2 is 1.51 bits per heavy atom. The van der Waals surface area contributed by atoms with E-state index in [0.717, 1.165) is 30.4 Å². The van der Waals surface area contributed by atoms with Crippen LogP contribution in [0.15, 0.2) is 60.9 Å². The SMILES string of the molecule is CN(C)CCN1CC(C(=O)N2CCC(c3c[nH]c4ccccc34)(c3c[nH]c4ccccc34)CC2)CC1=O. The number of aromatic amines is 2. The molecule has 0 bridgehead atoms. The topological polar surface area (TPSA) is 75.4 Å². The molecule has 37 heavy (non-hydrogen) atoms. The maximum atomic E-state index is 13.6. The summed E-state index contributed by atoms with van der Waals surface area (Å²) in [6, 6.07) is 17.0. The number of benzene rings is 2. The Morgan fingerprint density at radius 1 is 0.946 bits per heavy atom. The van der Waals surface area contributed by atoms with Crippen molar-refractivity contribution in [3.8, 4) is 0 Å². The predicted molar refractivity (Wildman–Crippen MR) is 146 cm³/mol. The lowest BCUT2D eigenvalue weighted by atomic mass is 9.67. The zero-order valence-corrected chi connectivity index (χ0v) is 21.7. The molecule has 2 fully saturated rings. The molecule has 2 aliphatic heterocycles. The van der Waals surface area contributed by atoms with Gasteiger partial charge in [-0.1, -0.05) is 36.4 Å². The summed E-state index contributed by atoms with van der Waals surface area (Å²) in [6.07, 6.45) is 6.35. The van der Waals surface area contributed by atoms with Crippen molar-refractivity contribution < 1.29 is 9.59 Å². The molecule has 0 aliphatic carbocycles.